The van der Waals surface area contributed by atoms with Crippen LogP contribution in [0.5, 0.6) is 0 Å². The molecule has 0 spiro atoms. The van der Waals surface area contributed by atoms with Crippen LogP contribution in [0.2, 0.25) is 5.02 Å². The molecular formula is C7H6ClI2N. The van der Waals surface area contributed by atoms with Gasteiger partial charge in [-0.2, -0.15) is 0 Å². The van der Waals surface area contributed by atoms with E-state index in [4.69, 9.17) is 17.3 Å². The lowest BCUT2D eigenvalue weighted by Gasteiger charge is -2.06. The van der Waals surface area contributed by atoms with Crippen molar-refractivity contribution in [1.82, 2.24) is 0 Å². The highest BCUT2D eigenvalue weighted by Crippen LogP contribution is 2.30. The number of nitrogen functional groups attached to an aromatic ring is 1. The summed E-state index contributed by atoms with van der Waals surface area (Å²) in [6.07, 6.45) is 0. The Morgan fingerprint density at radius 1 is 1.45 bits per heavy atom. The van der Waals surface area contributed by atoms with E-state index in [1.807, 2.05) is 13.0 Å². The van der Waals surface area contributed by atoms with Gasteiger partial charge in [-0.25, -0.2) is 0 Å². The van der Waals surface area contributed by atoms with E-state index in [1.165, 1.54) is 5.56 Å². The molecule has 0 heterocycles. The topological polar surface area (TPSA) is 26.0 Å². The molecule has 1 aromatic rings. The maximum Gasteiger partial charge on any atom is 0.0657 e. The van der Waals surface area contributed by atoms with Gasteiger partial charge in [-0.3, -0.25) is 0 Å². The Labute approximate surface area is 98.0 Å². The highest BCUT2D eigenvalue weighted by atomic mass is 127. The van der Waals surface area contributed by atoms with E-state index in [1.54, 1.807) is 0 Å². The minimum absolute atomic E-state index is 0.643. The molecule has 1 nitrogen and oxygen atoms in total. The molecule has 11 heavy (non-hydrogen) atoms. The van der Waals surface area contributed by atoms with Crippen LogP contribution in [0.25, 0.3) is 0 Å². The maximum atomic E-state index is 5.86. The summed E-state index contributed by atoms with van der Waals surface area (Å²) in [4.78, 5) is 0. The molecule has 0 aliphatic carbocycles. The van der Waals surface area contributed by atoms with Gasteiger partial charge in [-0.05, 0) is 63.7 Å². The summed E-state index contributed by atoms with van der Waals surface area (Å²) in [5.41, 5.74) is 7.60. The number of hydrogen-bond acceptors (Lipinski definition) is 1. The minimum Gasteiger partial charge on any atom is -0.397 e. The predicted molar refractivity (Wildman–Crippen MR) is 66.0 cm³/mol. The fraction of sp³-hybridized carbons (Fsp3) is 0.143. The van der Waals surface area contributed by atoms with Crippen molar-refractivity contribution in [3.63, 3.8) is 0 Å². The Hall–Kier alpha value is 0.770. The summed E-state index contributed by atoms with van der Waals surface area (Å²) in [5, 5.41) is 0.643. The van der Waals surface area contributed by atoms with Crippen molar-refractivity contribution in [1.29, 1.82) is 0 Å². The van der Waals surface area contributed by atoms with Gasteiger partial charge in [0, 0.05) is 7.14 Å². The third kappa shape index (κ3) is 1.92. The fourth-order valence-electron chi connectivity index (χ4n) is 0.709. The zero-order chi connectivity index (χ0) is 8.59. The quantitative estimate of drug-likeness (QED) is 0.530. The molecule has 0 saturated carbocycles. The number of halogens is 3. The maximum absolute atomic E-state index is 5.86. The zero-order valence-corrected chi connectivity index (χ0v) is 10.9. The highest BCUT2D eigenvalue weighted by Gasteiger charge is 2.07. The molecule has 0 aliphatic heterocycles. The molecule has 60 valence electrons. The van der Waals surface area contributed by atoms with Crippen molar-refractivity contribution in [2.24, 2.45) is 0 Å². The van der Waals surface area contributed by atoms with Crippen molar-refractivity contribution in [3.8, 4) is 0 Å². The van der Waals surface area contributed by atoms with Gasteiger partial charge >= 0.3 is 0 Å². The molecule has 0 saturated heterocycles. The Morgan fingerprint density at radius 2 is 2.00 bits per heavy atom. The van der Waals surface area contributed by atoms with Crippen molar-refractivity contribution >= 4 is 62.5 Å². The van der Waals surface area contributed by atoms with Gasteiger partial charge in [-0.1, -0.05) is 11.6 Å². The molecule has 0 aliphatic rings. The summed E-state index contributed by atoms with van der Waals surface area (Å²) in [5.74, 6) is 0. The second kappa shape index (κ2) is 3.66. The molecule has 1 rings (SSSR count). The average Bonchev–Trinajstić information content (AvgIpc) is 1.97. The second-order valence-electron chi connectivity index (χ2n) is 2.19. The van der Waals surface area contributed by atoms with E-state index >= 15 is 0 Å². The molecule has 1 aromatic carbocycles. The second-order valence-corrected chi connectivity index (χ2v) is 4.84. The molecule has 0 aromatic heterocycles. The zero-order valence-electron chi connectivity index (χ0n) is 5.79. The monoisotopic (exact) mass is 393 g/mol. The van der Waals surface area contributed by atoms with Gasteiger partial charge in [0.1, 0.15) is 0 Å². The molecule has 0 amide bonds. The van der Waals surface area contributed by atoms with Gasteiger partial charge < -0.3 is 5.73 Å². The van der Waals surface area contributed by atoms with Gasteiger partial charge in [0.15, 0.2) is 0 Å². The number of nitrogens with two attached hydrogens (primary N) is 1. The van der Waals surface area contributed by atoms with Gasteiger partial charge in [0.05, 0.1) is 10.7 Å². The molecule has 0 fully saturated rings. The predicted octanol–water partition coefficient (Wildman–Crippen LogP) is 3.44. The van der Waals surface area contributed by atoms with Crippen LogP contribution in [0, 0.1) is 14.1 Å². The molecule has 0 bridgehead atoms. The normalized spacial score (nSPS) is 10.2. The Bertz CT molecular complexity index is 273. The van der Waals surface area contributed by atoms with Crippen LogP contribution in [0.15, 0.2) is 6.07 Å². The summed E-state index contributed by atoms with van der Waals surface area (Å²) >= 11 is 10.3. The first-order chi connectivity index (χ1) is 5.04. The lowest BCUT2D eigenvalue weighted by molar-refractivity contribution is 1.39. The minimum atomic E-state index is 0.643. The summed E-state index contributed by atoms with van der Waals surface area (Å²) in [7, 11) is 0. The fourth-order valence-corrected chi connectivity index (χ4v) is 2.93. The van der Waals surface area contributed by atoms with E-state index < -0.39 is 0 Å². The van der Waals surface area contributed by atoms with Gasteiger partial charge in [-0.15, -0.1) is 0 Å². The van der Waals surface area contributed by atoms with Crippen molar-refractivity contribution in [2.75, 3.05) is 5.73 Å². The lowest BCUT2D eigenvalue weighted by atomic mass is 10.2. The average molecular weight is 393 g/mol. The number of benzene rings is 1. The van der Waals surface area contributed by atoms with E-state index in [-0.39, 0.29) is 0 Å². The molecule has 2 N–H and O–H groups in total. The van der Waals surface area contributed by atoms with Crippen LogP contribution in [-0.2, 0) is 0 Å². The number of anilines is 1. The van der Waals surface area contributed by atoms with Crippen molar-refractivity contribution in [2.45, 2.75) is 6.92 Å². The standard InChI is InChI=1S/C7H6ClI2N/c1-3-5(9)2-4(8)7(11)6(3)10/h2H,11H2,1H3. The first-order valence-electron chi connectivity index (χ1n) is 2.93. The molecule has 0 radical (unpaired) electrons. The van der Waals surface area contributed by atoms with Gasteiger partial charge in [0.2, 0.25) is 0 Å². The SMILES string of the molecule is Cc1c(I)cc(Cl)c(N)c1I. The van der Waals surface area contributed by atoms with Crippen LogP contribution in [0.4, 0.5) is 5.69 Å². The summed E-state index contributed by atoms with van der Waals surface area (Å²) in [6, 6.07) is 1.88. The van der Waals surface area contributed by atoms with Crippen LogP contribution in [-0.4, -0.2) is 0 Å². The molecular weight excluding hydrogens is 387 g/mol. The van der Waals surface area contributed by atoms with Crippen LogP contribution in [0.1, 0.15) is 5.56 Å². The third-order valence-electron chi connectivity index (χ3n) is 1.43. The molecule has 4 heteroatoms. The molecule has 0 unspecified atom stereocenters. The first kappa shape index (κ1) is 9.85. The van der Waals surface area contributed by atoms with Crippen molar-refractivity contribution < 1.29 is 0 Å². The van der Waals surface area contributed by atoms with Crippen molar-refractivity contribution in [3.05, 3.63) is 23.8 Å². The Morgan fingerprint density at radius 3 is 2.55 bits per heavy atom. The van der Waals surface area contributed by atoms with E-state index in [9.17, 15) is 0 Å². The summed E-state index contributed by atoms with van der Waals surface area (Å²) < 4.78 is 2.21. The number of hydrogen-bond donors (Lipinski definition) is 1. The summed E-state index contributed by atoms with van der Waals surface area (Å²) in [6.45, 7) is 2.04. The Balaban J connectivity index is 3.46. The van der Waals surface area contributed by atoms with Crippen LogP contribution in [0.3, 0.4) is 0 Å². The lowest BCUT2D eigenvalue weighted by Crippen LogP contribution is -1.95. The Kier molecular flexibility index (Phi) is 3.27. The largest absolute Gasteiger partial charge is 0.397 e. The van der Waals surface area contributed by atoms with E-state index in [0.717, 1.165) is 7.14 Å². The highest BCUT2D eigenvalue weighted by molar-refractivity contribution is 14.1. The van der Waals surface area contributed by atoms with E-state index in [2.05, 4.69) is 45.2 Å². The smallest absolute Gasteiger partial charge is 0.0657 e. The first-order valence-corrected chi connectivity index (χ1v) is 5.47. The van der Waals surface area contributed by atoms with Crippen LogP contribution >= 0.6 is 56.8 Å². The molecule has 0 atom stereocenters. The van der Waals surface area contributed by atoms with Gasteiger partial charge in [0.25, 0.3) is 0 Å². The van der Waals surface area contributed by atoms with E-state index in [0.29, 0.717) is 10.7 Å². The number of rotatable bonds is 0. The van der Waals surface area contributed by atoms with Crippen LogP contribution < -0.4 is 5.73 Å². The third-order valence-corrected chi connectivity index (χ3v) is 4.26.